The maximum Gasteiger partial charge on any atom is 0.160 e. The fourth-order valence-corrected chi connectivity index (χ4v) is 1.76. The Hall–Kier alpha value is -0.990. The average molecular weight is 210 g/mol. The molecule has 1 N–H and O–H groups in total. The Bertz CT molecular complexity index is 316. The Morgan fingerprint density at radius 1 is 1.33 bits per heavy atom. The number of hydrogen-bond acceptors (Lipinski definition) is 2. The van der Waals surface area contributed by atoms with E-state index in [1.165, 1.54) is 0 Å². The summed E-state index contributed by atoms with van der Waals surface area (Å²) in [4.78, 5) is 0. The molecule has 0 amide bonds. The van der Waals surface area contributed by atoms with E-state index in [2.05, 4.69) is 25.9 Å². The molecule has 0 aromatic carbocycles. The minimum Gasteiger partial charge on any atom is -0.504 e. The van der Waals surface area contributed by atoms with E-state index in [-0.39, 0.29) is 0 Å². The Labute approximate surface area is 92.1 Å². The monoisotopic (exact) mass is 210 g/mol. The molecule has 0 saturated carbocycles. The van der Waals surface area contributed by atoms with E-state index in [1.807, 2.05) is 11.6 Å². The lowest BCUT2D eigenvalue weighted by Gasteiger charge is -2.10. The van der Waals surface area contributed by atoms with Gasteiger partial charge in [-0.2, -0.15) is 5.10 Å². The molecular formula is C12H22N2O. The summed E-state index contributed by atoms with van der Waals surface area (Å²) in [7, 11) is 0. The highest BCUT2D eigenvalue weighted by Crippen LogP contribution is 2.26. The summed E-state index contributed by atoms with van der Waals surface area (Å²) >= 11 is 0. The molecule has 0 bridgehead atoms. The minimum absolute atomic E-state index is 0.322. The lowest BCUT2D eigenvalue weighted by molar-refractivity contribution is 0.449. The van der Waals surface area contributed by atoms with Crippen LogP contribution in [0.15, 0.2) is 0 Å². The largest absolute Gasteiger partial charge is 0.504 e. The number of aryl methyl sites for hydroxylation is 1. The first kappa shape index (κ1) is 12.1. The smallest absolute Gasteiger partial charge is 0.160 e. The van der Waals surface area contributed by atoms with Gasteiger partial charge in [0.2, 0.25) is 0 Å². The standard InChI is InChI=1S/C12H22N2O/c1-5-7-8-11-12(15)10(6-2)13-14(11)9(3)4/h9,15H,5-8H2,1-4H3. The van der Waals surface area contributed by atoms with Crippen molar-refractivity contribution in [1.29, 1.82) is 0 Å². The van der Waals surface area contributed by atoms with E-state index in [0.29, 0.717) is 11.8 Å². The van der Waals surface area contributed by atoms with Crippen LogP contribution in [-0.4, -0.2) is 14.9 Å². The molecule has 0 fully saturated rings. The fourth-order valence-electron chi connectivity index (χ4n) is 1.76. The van der Waals surface area contributed by atoms with Crippen molar-refractivity contribution in [1.82, 2.24) is 9.78 Å². The van der Waals surface area contributed by atoms with E-state index in [4.69, 9.17) is 0 Å². The van der Waals surface area contributed by atoms with Crippen LogP contribution in [0, 0.1) is 0 Å². The third kappa shape index (κ3) is 2.52. The maximum absolute atomic E-state index is 10.0. The minimum atomic E-state index is 0.322. The molecule has 0 unspecified atom stereocenters. The van der Waals surface area contributed by atoms with E-state index in [9.17, 15) is 5.11 Å². The maximum atomic E-state index is 10.0. The SMILES string of the molecule is CCCCc1c(O)c(CC)nn1C(C)C. The van der Waals surface area contributed by atoms with Gasteiger partial charge in [-0.05, 0) is 33.1 Å². The summed E-state index contributed by atoms with van der Waals surface area (Å²) in [6.07, 6.45) is 3.97. The molecule has 0 aliphatic rings. The van der Waals surface area contributed by atoms with E-state index >= 15 is 0 Å². The molecule has 3 nitrogen and oxygen atoms in total. The van der Waals surface area contributed by atoms with Crippen LogP contribution in [0.5, 0.6) is 5.75 Å². The van der Waals surface area contributed by atoms with Crippen molar-refractivity contribution >= 4 is 0 Å². The van der Waals surface area contributed by atoms with Gasteiger partial charge in [-0.15, -0.1) is 0 Å². The molecular weight excluding hydrogens is 188 g/mol. The topological polar surface area (TPSA) is 38.1 Å². The predicted molar refractivity (Wildman–Crippen MR) is 62.3 cm³/mol. The van der Waals surface area contributed by atoms with Gasteiger partial charge in [-0.1, -0.05) is 20.3 Å². The van der Waals surface area contributed by atoms with Crippen LogP contribution >= 0.6 is 0 Å². The van der Waals surface area contributed by atoms with Gasteiger partial charge < -0.3 is 5.11 Å². The first-order valence-corrected chi connectivity index (χ1v) is 5.91. The predicted octanol–water partition coefficient (Wildman–Crippen LogP) is 3.07. The van der Waals surface area contributed by atoms with Crippen molar-refractivity contribution in [3.05, 3.63) is 11.4 Å². The molecule has 0 aliphatic carbocycles. The quantitative estimate of drug-likeness (QED) is 0.811. The first-order chi connectivity index (χ1) is 7.11. The average Bonchev–Trinajstić information content (AvgIpc) is 2.52. The summed E-state index contributed by atoms with van der Waals surface area (Å²) < 4.78 is 1.96. The summed E-state index contributed by atoms with van der Waals surface area (Å²) in [6, 6.07) is 0.322. The van der Waals surface area contributed by atoms with Gasteiger partial charge >= 0.3 is 0 Å². The van der Waals surface area contributed by atoms with Crippen LogP contribution in [0.3, 0.4) is 0 Å². The Balaban J connectivity index is 3.02. The van der Waals surface area contributed by atoms with E-state index in [1.54, 1.807) is 0 Å². The number of hydrogen-bond donors (Lipinski definition) is 1. The number of unbranched alkanes of at least 4 members (excludes halogenated alkanes) is 1. The number of nitrogens with zero attached hydrogens (tertiary/aromatic N) is 2. The highest BCUT2D eigenvalue weighted by molar-refractivity contribution is 5.32. The van der Waals surface area contributed by atoms with Crippen LogP contribution < -0.4 is 0 Å². The number of rotatable bonds is 5. The zero-order valence-electron chi connectivity index (χ0n) is 10.2. The zero-order valence-corrected chi connectivity index (χ0v) is 10.2. The molecule has 0 atom stereocenters. The molecule has 0 spiro atoms. The Kier molecular flexibility index (Phi) is 4.18. The molecule has 15 heavy (non-hydrogen) atoms. The van der Waals surface area contributed by atoms with Crippen molar-refractivity contribution in [3.63, 3.8) is 0 Å². The van der Waals surface area contributed by atoms with Gasteiger partial charge in [0.15, 0.2) is 5.75 Å². The van der Waals surface area contributed by atoms with Crippen molar-refractivity contribution in [2.75, 3.05) is 0 Å². The van der Waals surface area contributed by atoms with Gasteiger partial charge in [0, 0.05) is 6.04 Å². The van der Waals surface area contributed by atoms with Gasteiger partial charge in [-0.3, -0.25) is 4.68 Å². The second-order valence-electron chi connectivity index (χ2n) is 4.24. The van der Waals surface area contributed by atoms with Crippen LogP contribution in [0.2, 0.25) is 0 Å². The van der Waals surface area contributed by atoms with Gasteiger partial charge in [0.1, 0.15) is 5.69 Å². The van der Waals surface area contributed by atoms with Crippen molar-refractivity contribution in [2.45, 2.75) is 59.4 Å². The molecule has 0 saturated heterocycles. The Morgan fingerprint density at radius 2 is 2.00 bits per heavy atom. The summed E-state index contributed by atoms with van der Waals surface area (Å²) in [5, 5.41) is 14.4. The van der Waals surface area contributed by atoms with E-state index in [0.717, 1.165) is 37.1 Å². The van der Waals surface area contributed by atoms with E-state index < -0.39 is 0 Å². The van der Waals surface area contributed by atoms with Gasteiger partial charge in [-0.25, -0.2) is 0 Å². The lowest BCUT2D eigenvalue weighted by atomic mass is 10.1. The van der Waals surface area contributed by atoms with Crippen molar-refractivity contribution in [3.8, 4) is 5.75 Å². The lowest BCUT2D eigenvalue weighted by Crippen LogP contribution is -2.07. The Morgan fingerprint density at radius 3 is 2.47 bits per heavy atom. The molecule has 3 heteroatoms. The van der Waals surface area contributed by atoms with Gasteiger partial charge in [0.25, 0.3) is 0 Å². The number of aromatic nitrogens is 2. The third-order valence-corrected chi connectivity index (χ3v) is 2.64. The molecule has 1 rings (SSSR count). The second-order valence-corrected chi connectivity index (χ2v) is 4.24. The highest BCUT2D eigenvalue weighted by atomic mass is 16.3. The molecule has 1 aromatic rings. The van der Waals surface area contributed by atoms with Crippen LogP contribution in [0.25, 0.3) is 0 Å². The van der Waals surface area contributed by atoms with Crippen LogP contribution in [0.1, 0.15) is 58.0 Å². The van der Waals surface area contributed by atoms with Crippen molar-refractivity contribution in [2.24, 2.45) is 0 Å². The highest BCUT2D eigenvalue weighted by Gasteiger charge is 2.16. The molecule has 1 aromatic heterocycles. The first-order valence-electron chi connectivity index (χ1n) is 5.91. The summed E-state index contributed by atoms with van der Waals surface area (Å²) in [6.45, 7) is 8.38. The van der Waals surface area contributed by atoms with Crippen molar-refractivity contribution < 1.29 is 5.11 Å². The summed E-state index contributed by atoms with van der Waals surface area (Å²) in [5.41, 5.74) is 1.83. The second kappa shape index (κ2) is 5.19. The molecule has 0 aliphatic heterocycles. The zero-order chi connectivity index (χ0) is 11.4. The fraction of sp³-hybridized carbons (Fsp3) is 0.750. The molecule has 0 radical (unpaired) electrons. The normalized spacial score (nSPS) is 11.3. The third-order valence-electron chi connectivity index (χ3n) is 2.64. The molecule has 86 valence electrons. The summed E-state index contributed by atoms with van der Waals surface area (Å²) in [5.74, 6) is 0.416. The van der Waals surface area contributed by atoms with Gasteiger partial charge in [0.05, 0.1) is 5.69 Å². The van der Waals surface area contributed by atoms with Crippen LogP contribution in [-0.2, 0) is 12.8 Å². The van der Waals surface area contributed by atoms with Crippen LogP contribution in [0.4, 0.5) is 0 Å². The molecule has 1 heterocycles. The number of aromatic hydroxyl groups is 1.